The molecule has 17 heavy (non-hydrogen) atoms. The first-order valence-corrected chi connectivity index (χ1v) is 7.65. The van der Waals surface area contributed by atoms with Crippen molar-refractivity contribution in [3.8, 4) is 0 Å². The Balaban J connectivity index is 1.99. The number of sulfonamides is 1. The molecule has 1 heterocycles. The molecule has 1 saturated carbocycles. The predicted molar refractivity (Wildman–Crippen MR) is 64.4 cm³/mol. The van der Waals surface area contributed by atoms with Gasteiger partial charge >= 0.3 is 0 Å². The summed E-state index contributed by atoms with van der Waals surface area (Å²) in [6.07, 6.45) is 1.59. The Bertz CT molecular complexity index is 476. The third kappa shape index (κ3) is 2.86. The number of methoxy groups -OCH3 is 1. The molecule has 0 amide bonds. The standard InChI is InChI=1S/C10H15NO4S2/c1-15-8-2-7(3-8)11-17(13,14)10-4-9(5-12)16-6-10/h4,6-8,11-12H,2-3,5H2,1H3. The fourth-order valence-corrected chi connectivity index (χ4v) is 4.12. The Morgan fingerprint density at radius 3 is 2.82 bits per heavy atom. The molecule has 1 aromatic rings. The van der Waals surface area contributed by atoms with E-state index < -0.39 is 10.0 Å². The van der Waals surface area contributed by atoms with Crippen LogP contribution in [-0.4, -0.2) is 32.8 Å². The smallest absolute Gasteiger partial charge is 0.241 e. The lowest BCUT2D eigenvalue weighted by Gasteiger charge is -2.34. The lowest BCUT2D eigenvalue weighted by Crippen LogP contribution is -2.47. The number of aliphatic hydroxyl groups is 1. The number of hydrogen-bond acceptors (Lipinski definition) is 5. The van der Waals surface area contributed by atoms with Crippen LogP contribution in [0.3, 0.4) is 0 Å². The largest absolute Gasteiger partial charge is 0.391 e. The highest BCUT2D eigenvalue weighted by molar-refractivity contribution is 7.89. The molecule has 1 fully saturated rings. The van der Waals surface area contributed by atoms with Gasteiger partial charge in [-0.2, -0.15) is 0 Å². The van der Waals surface area contributed by atoms with E-state index in [9.17, 15) is 8.42 Å². The predicted octanol–water partition coefficient (Wildman–Crippen LogP) is 0.696. The maximum Gasteiger partial charge on any atom is 0.241 e. The Morgan fingerprint density at radius 1 is 1.59 bits per heavy atom. The van der Waals surface area contributed by atoms with Crippen molar-refractivity contribution < 1.29 is 18.3 Å². The average Bonchev–Trinajstić information content (AvgIpc) is 2.71. The molecule has 7 heteroatoms. The van der Waals surface area contributed by atoms with Gasteiger partial charge in [0.1, 0.15) is 0 Å². The van der Waals surface area contributed by atoms with E-state index in [1.165, 1.54) is 17.4 Å². The van der Waals surface area contributed by atoms with Gasteiger partial charge in [-0.15, -0.1) is 11.3 Å². The third-order valence-corrected chi connectivity index (χ3v) is 5.42. The van der Waals surface area contributed by atoms with Gasteiger partial charge < -0.3 is 9.84 Å². The summed E-state index contributed by atoms with van der Waals surface area (Å²) in [5.41, 5.74) is 0. The summed E-state index contributed by atoms with van der Waals surface area (Å²) in [6.45, 7) is -0.130. The van der Waals surface area contributed by atoms with E-state index in [-0.39, 0.29) is 23.6 Å². The highest BCUT2D eigenvalue weighted by atomic mass is 32.2. The average molecular weight is 277 g/mol. The highest BCUT2D eigenvalue weighted by Crippen LogP contribution is 2.26. The lowest BCUT2D eigenvalue weighted by atomic mass is 9.90. The van der Waals surface area contributed by atoms with E-state index in [1.54, 1.807) is 12.5 Å². The zero-order valence-corrected chi connectivity index (χ0v) is 11.1. The molecule has 0 atom stereocenters. The molecule has 0 unspecified atom stereocenters. The lowest BCUT2D eigenvalue weighted by molar-refractivity contribution is 0.0236. The van der Waals surface area contributed by atoms with Crippen molar-refractivity contribution in [2.24, 2.45) is 0 Å². The summed E-state index contributed by atoms with van der Waals surface area (Å²) in [6, 6.07) is 1.46. The second kappa shape index (κ2) is 5.03. The van der Waals surface area contributed by atoms with Crippen molar-refractivity contribution in [2.75, 3.05) is 7.11 Å². The summed E-state index contributed by atoms with van der Waals surface area (Å²) in [5.74, 6) is 0. The number of rotatable bonds is 5. The minimum atomic E-state index is -3.45. The van der Waals surface area contributed by atoms with E-state index in [0.29, 0.717) is 17.7 Å². The van der Waals surface area contributed by atoms with Crippen LogP contribution < -0.4 is 4.72 Å². The number of nitrogens with one attached hydrogen (secondary N) is 1. The van der Waals surface area contributed by atoms with Crippen molar-refractivity contribution in [2.45, 2.75) is 36.5 Å². The number of thiophene rings is 1. The number of hydrogen-bond donors (Lipinski definition) is 2. The first-order valence-electron chi connectivity index (χ1n) is 5.28. The van der Waals surface area contributed by atoms with Crippen LogP contribution in [0.4, 0.5) is 0 Å². The summed E-state index contributed by atoms with van der Waals surface area (Å²) in [7, 11) is -1.82. The van der Waals surface area contributed by atoms with Gasteiger partial charge in [0.2, 0.25) is 10.0 Å². The minimum absolute atomic E-state index is 0.0394. The van der Waals surface area contributed by atoms with Crippen molar-refractivity contribution in [3.63, 3.8) is 0 Å². The van der Waals surface area contributed by atoms with Gasteiger partial charge in [0.05, 0.1) is 17.6 Å². The SMILES string of the molecule is COC1CC(NS(=O)(=O)c2csc(CO)c2)C1. The summed E-state index contributed by atoms with van der Waals surface area (Å²) >= 11 is 1.24. The maximum atomic E-state index is 11.9. The van der Waals surface area contributed by atoms with E-state index in [1.807, 2.05) is 0 Å². The van der Waals surface area contributed by atoms with Gasteiger partial charge in [0, 0.05) is 23.4 Å². The Morgan fingerprint density at radius 2 is 2.29 bits per heavy atom. The monoisotopic (exact) mass is 277 g/mol. The van der Waals surface area contributed by atoms with E-state index in [0.717, 1.165) is 0 Å². The summed E-state index contributed by atoms with van der Waals surface area (Å²) in [5, 5.41) is 10.4. The van der Waals surface area contributed by atoms with E-state index >= 15 is 0 Å². The van der Waals surface area contributed by atoms with Gasteiger partial charge in [0.25, 0.3) is 0 Å². The molecule has 2 rings (SSSR count). The van der Waals surface area contributed by atoms with Gasteiger partial charge in [-0.1, -0.05) is 0 Å². The topological polar surface area (TPSA) is 75.6 Å². The van der Waals surface area contributed by atoms with Crippen LogP contribution in [0, 0.1) is 0 Å². The van der Waals surface area contributed by atoms with Crippen molar-refractivity contribution in [1.82, 2.24) is 4.72 Å². The van der Waals surface area contributed by atoms with Gasteiger partial charge in [-0.3, -0.25) is 0 Å². The zero-order valence-electron chi connectivity index (χ0n) is 9.42. The van der Waals surface area contributed by atoms with Crippen molar-refractivity contribution in [3.05, 3.63) is 16.3 Å². The van der Waals surface area contributed by atoms with Crippen molar-refractivity contribution in [1.29, 1.82) is 0 Å². The summed E-state index contributed by atoms with van der Waals surface area (Å²) in [4.78, 5) is 0.876. The highest BCUT2D eigenvalue weighted by Gasteiger charge is 2.32. The number of aliphatic hydroxyl groups excluding tert-OH is 1. The molecule has 0 aliphatic heterocycles. The first kappa shape index (κ1) is 13.0. The molecule has 96 valence electrons. The molecular formula is C10H15NO4S2. The van der Waals surface area contributed by atoms with Crippen LogP contribution in [0.5, 0.6) is 0 Å². The third-order valence-electron chi connectivity index (χ3n) is 2.85. The Kier molecular flexibility index (Phi) is 3.84. The zero-order chi connectivity index (χ0) is 12.5. The fraction of sp³-hybridized carbons (Fsp3) is 0.600. The second-order valence-electron chi connectivity index (χ2n) is 4.05. The van der Waals surface area contributed by atoms with Crippen LogP contribution in [0.15, 0.2) is 16.3 Å². The van der Waals surface area contributed by atoms with Crippen molar-refractivity contribution >= 4 is 21.4 Å². The second-order valence-corrected chi connectivity index (χ2v) is 6.76. The normalized spacial score (nSPS) is 24.6. The molecule has 0 aromatic carbocycles. The Labute approximate surface area is 104 Å². The maximum absolute atomic E-state index is 11.9. The van der Waals surface area contributed by atoms with Crippen LogP contribution in [0.25, 0.3) is 0 Å². The van der Waals surface area contributed by atoms with Crippen LogP contribution in [0.1, 0.15) is 17.7 Å². The van der Waals surface area contributed by atoms with Gasteiger partial charge in [-0.05, 0) is 18.9 Å². The van der Waals surface area contributed by atoms with Gasteiger partial charge in [-0.25, -0.2) is 13.1 Å². The molecule has 0 saturated heterocycles. The minimum Gasteiger partial charge on any atom is -0.391 e. The fourth-order valence-electron chi connectivity index (χ4n) is 1.73. The molecule has 1 aliphatic carbocycles. The molecule has 0 bridgehead atoms. The molecular weight excluding hydrogens is 262 g/mol. The Hall–Kier alpha value is -0.470. The molecule has 0 radical (unpaired) electrons. The van der Waals surface area contributed by atoms with E-state index in [4.69, 9.17) is 9.84 Å². The molecule has 1 aliphatic rings. The molecule has 2 N–H and O–H groups in total. The van der Waals surface area contributed by atoms with Crippen LogP contribution in [-0.2, 0) is 21.4 Å². The number of ether oxygens (including phenoxy) is 1. The molecule has 0 spiro atoms. The van der Waals surface area contributed by atoms with Crippen LogP contribution in [0.2, 0.25) is 0 Å². The molecule has 1 aromatic heterocycles. The molecule has 5 nitrogen and oxygen atoms in total. The first-order chi connectivity index (χ1) is 8.05. The quantitative estimate of drug-likeness (QED) is 0.830. The van der Waals surface area contributed by atoms with E-state index in [2.05, 4.69) is 4.72 Å². The summed E-state index contributed by atoms with van der Waals surface area (Å²) < 4.78 is 31.6. The van der Waals surface area contributed by atoms with Gasteiger partial charge in [0.15, 0.2) is 0 Å². The van der Waals surface area contributed by atoms with Crippen LogP contribution >= 0.6 is 11.3 Å².